The first-order chi connectivity index (χ1) is 13.3. The van der Waals surface area contributed by atoms with E-state index in [9.17, 15) is 4.79 Å². The number of carbonyl (C=O) groups is 1. The molecule has 2 heterocycles. The second kappa shape index (κ2) is 8.27. The third-order valence-electron chi connectivity index (χ3n) is 4.62. The lowest BCUT2D eigenvalue weighted by Crippen LogP contribution is -2.47. The number of piperazine rings is 1. The highest BCUT2D eigenvalue weighted by molar-refractivity contribution is 8.18. The van der Waals surface area contributed by atoms with Crippen molar-refractivity contribution in [2.24, 2.45) is 4.99 Å². The van der Waals surface area contributed by atoms with Crippen molar-refractivity contribution in [2.45, 2.75) is 0 Å². The fraction of sp³-hybridized carbons (Fsp3) is 0.182. The molecule has 1 fully saturated rings. The number of hydrogen-bond acceptors (Lipinski definition) is 4. The average molecular weight is 375 g/mol. The minimum Gasteiger partial charge on any atom is -0.368 e. The van der Waals surface area contributed by atoms with Crippen LogP contribution in [0, 0.1) is 0 Å². The Morgan fingerprint density at radius 2 is 1.48 bits per heavy atom. The zero-order chi connectivity index (χ0) is 18.5. The highest BCUT2D eigenvalue weighted by Crippen LogP contribution is 2.29. The maximum atomic E-state index is 12.2. The van der Waals surface area contributed by atoms with Gasteiger partial charge in [-0.3, -0.25) is 4.79 Å². The fourth-order valence-corrected chi connectivity index (χ4v) is 4.07. The van der Waals surface area contributed by atoms with E-state index in [1.54, 1.807) is 0 Å². The number of thioether (sulfide) groups is 1. The lowest BCUT2D eigenvalue weighted by Gasteiger charge is -2.36. The first-order valence-electron chi connectivity index (χ1n) is 9.09. The van der Waals surface area contributed by atoms with Crippen LogP contribution >= 0.6 is 11.8 Å². The number of amidine groups is 1. The van der Waals surface area contributed by atoms with Gasteiger partial charge in [0.1, 0.15) is 0 Å². The Labute approximate surface area is 163 Å². The molecule has 5 heteroatoms. The lowest BCUT2D eigenvalue weighted by atomic mass is 10.2. The summed E-state index contributed by atoms with van der Waals surface area (Å²) in [4.78, 5) is 21.7. The smallest absolute Gasteiger partial charge is 0.286 e. The molecular weight excluding hydrogens is 354 g/mol. The van der Waals surface area contributed by atoms with E-state index < -0.39 is 0 Å². The van der Waals surface area contributed by atoms with E-state index in [1.807, 2.05) is 54.6 Å². The van der Waals surface area contributed by atoms with Crippen molar-refractivity contribution in [3.63, 3.8) is 0 Å². The summed E-state index contributed by atoms with van der Waals surface area (Å²) in [5, 5.41) is 0.826. The van der Waals surface area contributed by atoms with Crippen LogP contribution in [0.2, 0.25) is 0 Å². The van der Waals surface area contributed by atoms with Crippen LogP contribution in [0.15, 0.2) is 82.7 Å². The highest BCUT2D eigenvalue weighted by Gasteiger charge is 2.28. The fourth-order valence-electron chi connectivity index (χ4n) is 3.15. The van der Waals surface area contributed by atoms with Crippen LogP contribution in [-0.4, -0.2) is 42.2 Å². The van der Waals surface area contributed by atoms with Crippen molar-refractivity contribution >= 4 is 34.6 Å². The van der Waals surface area contributed by atoms with Crippen molar-refractivity contribution in [3.05, 3.63) is 83.3 Å². The van der Waals surface area contributed by atoms with Gasteiger partial charge in [0, 0.05) is 31.9 Å². The van der Waals surface area contributed by atoms with E-state index in [0.717, 1.165) is 36.9 Å². The molecule has 4 rings (SSSR count). The highest BCUT2D eigenvalue weighted by atomic mass is 32.2. The van der Waals surface area contributed by atoms with Gasteiger partial charge in [-0.15, -0.1) is 0 Å². The Morgan fingerprint density at radius 1 is 0.852 bits per heavy atom. The zero-order valence-corrected chi connectivity index (χ0v) is 15.8. The number of nitrogens with zero attached hydrogens (tertiary/aromatic N) is 3. The van der Waals surface area contributed by atoms with Crippen LogP contribution in [0.4, 0.5) is 5.69 Å². The van der Waals surface area contributed by atoms with E-state index in [2.05, 4.69) is 39.1 Å². The molecule has 0 bridgehead atoms. The number of aliphatic imine (C=N–C) groups is 1. The SMILES string of the molecule is O=C1N=C(N2CCN(c3ccccc3)CC2)S/C1=C\C=C\c1ccccc1. The molecule has 0 aromatic heterocycles. The number of rotatable bonds is 3. The topological polar surface area (TPSA) is 35.9 Å². The summed E-state index contributed by atoms with van der Waals surface area (Å²) in [5.41, 5.74) is 2.36. The molecule has 2 aliphatic heterocycles. The molecule has 2 aliphatic rings. The summed E-state index contributed by atoms with van der Waals surface area (Å²) in [7, 11) is 0. The molecule has 2 aromatic rings. The third-order valence-corrected chi connectivity index (χ3v) is 5.68. The molecule has 1 amide bonds. The summed E-state index contributed by atoms with van der Waals surface area (Å²) >= 11 is 1.48. The van der Waals surface area contributed by atoms with Gasteiger partial charge in [0.2, 0.25) is 0 Å². The lowest BCUT2D eigenvalue weighted by molar-refractivity contribution is -0.113. The van der Waals surface area contributed by atoms with E-state index in [-0.39, 0.29) is 5.91 Å². The van der Waals surface area contributed by atoms with Crippen LogP contribution in [0.5, 0.6) is 0 Å². The molecule has 27 heavy (non-hydrogen) atoms. The number of benzene rings is 2. The Kier molecular flexibility index (Phi) is 5.39. The Hall–Kier alpha value is -2.79. The molecule has 0 spiro atoms. The second-order valence-corrected chi connectivity index (χ2v) is 7.42. The van der Waals surface area contributed by atoms with E-state index in [0.29, 0.717) is 4.91 Å². The minimum absolute atomic E-state index is 0.141. The van der Waals surface area contributed by atoms with Crippen LogP contribution in [0.1, 0.15) is 5.56 Å². The quantitative estimate of drug-likeness (QED) is 0.759. The molecule has 4 nitrogen and oxygen atoms in total. The Morgan fingerprint density at radius 3 is 2.19 bits per heavy atom. The van der Waals surface area contributed by atoms with Crippen molar-refractivity contribution in [1.82, 2.24) is 4.90 Å². The van der Waals surface area contributed by atoms with E-state index >= 15 is 0 Å². The van der Waals surface area contributed by atoms with Gasteiger partial charge < -0.3 is 9.80 Å². The van der Waals surface area contributed by atoms with Crippen molar-refractivity contribution in [3.8, 4) is 0 Å². The molecule has 0 saturated carbocycles. The van der Waals surface area contributed by atoms with Gasteiger partial charge in [-0.05, 0) is 35.5 Å². The number of allylic oxidation sites excluding steroid dienone is 2. The second-order valence-electron chi connectivity index (χ2n) is 6.41. The van der Waals surface area contributed by atoms with Gasteiger partial charge >= 0.3 is 0 Å². The zero-order valence-electron chi connectivity index (χ0n) is 15.0. The first kappa shape index (κ1) is 17.6. The molecule has 0 radical (unpaired) electrons. The molecule has 0 unspecified atom stereocenters. The summed E-state index contributed by atoms with van der Waals surface area (Å²) in [5.74, 6) is -0.141. The van der Waals surface area contributed by atoms with Crippen LogP contribution in [0.3, 0.4) is 0 Å². The molecule has 2 aromatic carbocycles. The van der Waals surface area contributed by atoms with E-state index in [1.165, 1.54) is 17.4 Å². The van der Waals surface area contributed by atoms with Crippen molar-refractivity contribution in [2.75, 3.05) is 31.1 Å². The molecule has 1 saturated heterocycles. The number of hydrogen-bond donors (Lipinski definition) is 0. The number of amides is 1. The Balaban J connectivity index is 1.35. The molecular formula is C22H21N3OS. The molecule has 0 atom stereocenters. The van der Waals surface area contributed by atoms with Gasteiger partial charge in [0.15, 0.2) is 5.17 Å². The number of anilines is 1. The predicted octanol–water partition coefficient (Wildman–Crippen LogP) is 4.04. The van der Waals surface area contributed by atoms with Crippen LogP contribution in [0.25, 0.3) is 6.08 Å². The van der Waals surface area contributed by atoms with Gasteiger partial charge in [0.25, 0.3) is 5.91 Å². The van der Waals surface area contributed by atoms with Gasteiger partial charge in [-0.1, -0.05) is 60.7 Å². The predicted molar refractivity (Wildman–Crippen MR) is 114 cm³/mol. The first-order valence-corrected chi connectivity index (χ1v) is 9.90. The molecule has 0 N–H and O–H groups in total. The van der Waals surface area contributed by atoms with Gasteiger partial charge in [-0.2, -0.15) is 4.99 Å². The normalized spacial score (nSPS) is 19.2. The summed E-state index contributed by atoms with van der Waals surface area (Å²) in [6.07, 6.45) is 5.77. The maximum absolute atomic E-state index is 12.2. The van der Waals surface area contributed by atoms with Crippen LogP contribution in [-0.2, 0) is 4.79 Å². The monoisotopic (exact) mass is 375 g/mol. The van der Waals surface area contributed by atoms with Gasteiger partial charge in [-0.25, -0.2) is 0 Å². The largest absolute Gasteiger partial charge is 0.368 e. The Bertz CT molecular complexity index is 882. The molecule has 136 valence electrons. The van der Waals surface area contributed by atoms with E-state index in [4.69, 9.17) is 0 Å². The minimum atomic E-state index is -0.141. The third kappa shape index (κ3) is 4.31. The number of carbonyl (C=O) groups excluding carboxylic acids is 1. The standard InChI is InChI=1S/C22H21N3OS/c26-21-20(13-7-10-18-8-3-1-4-9-18)27-22(23-21)25-16-14-24(15-17-25)19-11-5-2-6-12-19/h1-13H,14-17H2/b10-7+,20-13-. The van der Waals surface area contributed by atoms with Crippen LogP contribution < -0.4 is 4.90 Å². The summed E-state index contributed by atoms with van der Waals surface area (Å²) < 4.78 is 0. The summed E-state index contributed by atoms with van der Waals surface area (Å²) in [6, 6.07) is 20.5. The van der Waals surface area contributed by atoms with Crippen molar-refractivity contribution < 1.29 is 4.79 Å². The van der Waals surface area contributed by atoms with Gasteiger partial charge in [0.05, 0.1) is 4.91 Å². The average Bonchev–Trinajstić information content (AvgIpc) is 3.10. The number of para-hydroxylation sites is 1. The molecule has 0 aliphatic carbocycles. The summed E-state index contributed by atoms with van der Waals surface area (Å²) in [6.45, 7) is 3.62. The maximum Gasteiger partial charge on any atom is 0.286 e. The van der Waals surface area contributed by atoms with Crippen molar-refractivity contribution in [1.29, 1.82) is 0 Å².